The van der Waals surface area contributed by atoms with Crippen molar-refractivity contribution in [2.24, 2.45) is 0 Å². The number of carbonyl (C=O) groups excluding carboxylic acids is 2. The van der Waals surface area contributed by atoms with Crippen LogP contribution in [0.3, 0.4) is 0 Å². The fraction of sp³-hybridized carbons (Fsp3) is 0.333. The molecule has 2 aromatic carbocycles. The molecule has 0 aliphatic carbocycles. The number of benzene rings is 2. The van der Waals surface area contributed by atoms with Gasteiger partial charge in [0.15, 0.2) is 0 Å². The molecular formula is C21H23ClN2O3. The van der Waals surface area contributed by atoms with Gasteiger partial charge < -0.3 is 10.1 Å². The van der Waals surface area contributed by atoms with E-state index in [2.05, 4.69) is 12.2 Å². The lowest BCUT2D eigenvalue weighted by Crippen LogP contribution is -2.33. The highest BCUT2D eigenvalue weighted by atomic mass is 35.5. The van der Waals surface area contributed by atoms with Crippen molar-refractivity contribution >= 4 is 23.4 Å². The van der Waals surface area contributed by atoms with Crippen molar-refractivity contribution < 1.29 is 14.3 Å². The van der Waals surface area contributed by atoms with Crippen LogP contribution in [0.15, 0.2) is 48.5 Å². The Morgan fingerprint density at radius 2 is 1.67 bits per heavy atom. The first-order valence-electron chi connectivity index (χ1n) is 9.07. The summed E-state index contributed by atoms with van der Waals surface area (Å²) >= 11 is 5.92. The first kappa shape index (κ1) is 19.4. The number of nitrogens with one attached hydrogen (secondary N) is 1. The fourth-order valence-electron chi connectivity index (χ4n) is 2.97. The van der Waals surface area contributed by atoms with E-state index < -0.39 is 0 Å². The lowest BCUT2D eigenvalue weighted by molar-refractivity contribution is -0.138. The number of ether oxygens (including phenoxy) is 1. The number of amides is 2. The van der Waals surface area contributed by atoms with E-state index in [1.807, 2.05) is 48.5 Å². The number of carbonyl (C=O) groups is 2. The lowest BCUT2D eigenvalue weighted by Gasteiger charge is -2.15. The Hall–Kier alpha value is -2.37. The van der Waals surface area contributed by atoms with Crippen molar-refractivity contribution in [1.82, 2.24) is 10.2 Å². The predicted molar refractivity (Wildman–Crippen MR) is 105 cm³/mol. The molecule has 0 aromatic heterocycles. The minimum absolute atomic E-state index is 0.111. The van der Waals surface area contributed by atoms with Gasteiger partial charge >= 0.3 is 0 Å². The Morgan fingerprint density at radius 3 is 2.30 bits per heavy atom. The summed E-state index contributed by atoms with van der Waals surface area (Å²) in [5.41, 5.74) is 2.33. The molecule has 3 rings (SSSR count). The Labute approximate surface area is 164 Å². The van der Waals surface area contributed by atoms with E-state index in [4.69, 9.17) is 16.3 Å². The zero-order chi connectivity index (χ0) is 19.2. The van der Waals surface area contributed by atoms with Gasteiger partial charge in [0.2, 0.25) is 11.8 Å². The predicted octanol–water partition coefficient (Wildman–Crippen LogP) is 3.72. The monoisotopic (exact) mass is 386 g/mol. The van der Waals surface area contributed by atoms with Crippen molar-refractivity contribution in [3.05, 3.63) is 64.7 Å². The zero-order valence-corrected chi connectivity index (χ0v) is 16.0. The molecule has 0 spiro atoms. The summed E-state index contributed by atoms with van der Waals surface area (Å²) in [5.74, 6) is 0.503. The van der Waals surface area contributed by atoms with Gasteiger partial charge in [0.05, 0.1) is 6.54 Å². The van der Waals surface area contributed by atoms with E-state index in [0.29, 0.717) is 26.0 Å². The summed E-state index contributed by atoms with van der Waals surface area (Å²) in [5, 5.41) is 4.21. The number of hydrogen-bond acceptors (Lipinski definition) is 4. The van der Waals surface area contributed by atoms with E-state index in [0.717, 1.165) is 22.9 Å². The van der Waals surface area contributed by atoms with Gasteiger partial charge in [0.1, 0.15) is 12.4 Å². The van der Waals surface area contributed by atoms with E-state index in [1.54, 1.807) is 0 Å². The molecule has 142 valence electrons. The van der Waals surface area contributed by atoms with Gasteiger partial charge in [-0.2, -0.15) is 0 Å². The third kappa shape index (κ3) is 5.31. The van der Waals surface area contributed by atoms with E-state index in [-0.39, 0.29) is 17.9 Å². The summed E-state index contributed by atoms with van der Waals surface area (Å²) in [6.45, 7) is 3.46. The number of halogens is 1. The molecular weight excluding hydrogens is 364 g/mol. The first-order chi connectivity index (χ1) is 13.0. The third-order valence-corrected chi connectivity index (χ3v) is 4.90. The van der Waals surface area contributed by atoms with Crippen molar-refractivity contribution in [3.8, 4) is 5.75 Å². The molecule has 1 heterocycles. The minimum Gasteiger partial charge on any atom is -0.492 e. The Kier molecular flexibility index (Phi) is 6.48. The standard InChI is InChI=1S/C21H23ClN2O3/c1-15(17-4-6-18(22)7-5-17)23-14-16-2-8-19(9-3-16)27-13-12-24-20(25)10-11-21(24)26/h2-9,15,23H,10-14H2,1H3/t15-/m0/s1. The summed E-state index contributed by atoms with van der Waals surface area (Å²) in [6, 6.07) is 15.9. The van der Waals surface area contributed by atoms with Crippen LogP contribution in [0.4, 0.5) is 0 Å². The van der Waals surface area contributed by atoms with Gasteiger partial charge in [-0.1, -0.05) is 35.9 Å². The topological polar surface area (TPSA) is 58.6 Å². The highest BCUT2D eigenvalue weighted by molar-refractivity contribution is 6.30. The highest BCUT2D eigenvalue weighted by Crippen LogP contribution is 2.18. The van der Waals surface area contributed by atoms with E-state index in [9.17, 15) is 9.59 Å². The second-order valence-electron chi connectivity index (χ2n) is 6.59. The Balaban J connectivity index is 1.43. The van der Waals surface area contributed by atoms with Crippen molar-refractivity contribution in [3.63, 3.8) is 0 Å². The van der Waals surface area contributed by atoms with Crippen LogP contribution in [0.1, 0.15) is 36.9 Å². The first-order valence-corrected chi connectivity index (χ1v) is 9.44. The molecule has 0 saturated carbocycles. The maximum absolute atomic E-state index is 11.6. The van der Waals surface area contributed by atoms with Crippen molar-refractivity contribution in [2.45, 2.75) is 32.4 Å². The molecule has 0 bridgehead atoms. The molecule has 5 nitrogen and oxygen atoms in total. The summed E-state index contributed by atoms with van der Waals surface area (Å²) in [7, 11) is 0. The van der Waals surface area contributed by atoms with Gasteiger partial charge in [-0.05, 0) is 42.3 Å². The van der Waals surface area contributed by atoms with Gasteiger partial charge in [0.25, 0.3) is 0 Å². The summed E-state index contributed by atoms with van der Waals surface area (Å²) < 4.78 is 5.65. The van der Waals surface area contributed by atoms with Crippen LogP contribution in [-0.2, 0) is 16.1 Å². The minimum atomic E-state index is -0.111. The van der Waals surface area contributed by atoms with Crippen LogP contribution in [0.25, 0.3) is 0 Å². The third-order valence-electron chi connectivity index (χ3n) is 4.64. The fourth-order valence-corrected chi connectivity index (χ4v) is 3.10. The van der Waals surface area contributed by atoms with Crippen LogP contribution in [0.2, 0.25) is 5.02 Å². The Bertz CT molecular complexity index is 774. The normalized spacial score (nSPS) is 15.3. The van der Waals surface area contributed by atoms with Crippen LogP contribution in [0.5, 0.6) is 5.75 Å². The molecule has 0 unspecified atom stereocenters. The molecule has 2 amide bonds. The highest BCUT2D eigenvalue weighted by Gasteiger charge is 2.28. The summed E-state index contributed by atoms with van der Waals surface area (Å²) in [6.07, 6.45) is 0.629. The van der Waals surface area contributed by atoms with Crippen LogP contribution >= 0.6 is 11.6 Å². The quantitative estimate of drug-likeness (QED) is 0.702. The zero-order valence-electron chi connectivity index (χ0n) is 15.3. The van der Waals surface area contributed by atoms with Crippen LogP contribution in [0, 0.1) is 0 Å². The SMILES string of the molecule is C[C@H](NCc1ccc(OCCN2C(=O)CCC2=O)cc1)c1ccc(Cl)cc1. The molecule has 2 aromatic rings. The van der Waals surface area contributed by atoms with Gasteiger partial charge in [-0.3, -0.25) is 14.5 Å². The molecule has 1 N–H and O–H groups in total. The average molecular weight is 387 g/mol. The van der Waals surface area contributed by atoms with E-state index in [1.165, 1.54) is 10.5 Å². The molecule has 1 aliphatic heterocycles. The molecule has 1 saturated heterocycles. The molecule has 1 aliphatic rings. The number of rotatable bonds is 8. The molecule has 1 atom stereocenters. The second kappa shape index (κ2) is 9.02. The van der Waals surface area contributed by atoms with Crippen LogP contribution < -0.4 is 10.1 Å². The van der Waals surface area contributed by atoms with Crippen molar-refractivity contribution in [1.29, 1.82) is 0 Å². The lowest BCUT2D eigenvalue weighted by atomic mass is 10.1. The largest absolute Gasteiger partial charge is 0.492 e. The van der Waals surface area contributed by atoms with Gasteiger partial charge in [-0.25, -0.2) is 0 Å². The molecule has 1 fully saturated rings. The van der Waals surface area contributed by atoms with E-state index >= 15 is 0 Å². The smallest absolute Gasteiger partial charge is 0.229 e. The summed E-state index contributed by atoms with van der Waals surface area (Å²) in [4.78, 5) is 24.4. The maximum Gasteiger partial charge on any atom is 0.229 e. The Morgan fingerprint density at radius 1 is 1.04 bits per heavy atom. The van der Waals surface area contributed by atoms with Crippen LogP contribution in [-0.4, -0.2) is 29.9 Å². The van der Waals surface area contributed by atoms with Gasteiger partial charge in [-0.15, -0.1) is 0 Å². The molecule has 27 heavy (non-hydrogen) atoms. The number of likely N-dealkylation sites (tertiary alicyclic amines) is 1. The second-order valence-corrected chi connectivity index (χ2v) is 7.02. The molecule has 0 radical (unpaired) electrons. The van der Waals surface area contributed by atoms with Crippen molar-refractivity contribution in [2.75, 3.05) is 13.2 Å². The number of hydrogen-bond donors (Lipinski definition) is 1. The maximum atomic E-state index is 11.6. The number of nitrogens with zero attached hydrogens (tertiary/aromatic N) is 1. The van der Waals surface area contributed by atoms with Gasteiger partial charge in [0, 0.05) is 30.5 Å². The average Bonchev–Trinajstić information content (AvgIpc) is 2.99. The molecule has 6 heteroatoms. The number of imide groups is 1.